The standard InChI is InChI=1S/C13H7ClO3/c14-7-5-9-8-3-1-2-4-11(8)17-12(9)10(6-7)13(15)16/h1-6H,(H,15,16). The number of furan rings is 1. The predicted molar refractivity (Wildman–Crippen MR) is 65.7 cm³/mol. The number of carbonyl (C=O) groups is 1. The van der Waals surface area contributed by atoms with Gasteiger partial charge in [-0.1, -0.05) is 29.8 Å². The van der Waals surface area contributed by atoms with Gasteiger partial charge in [0.05, 0.1) is 0 Å². The smallest absolute Gasteiger partial charge is 0.339 e. The largest absolute Gasteiger partial charge is 0.478 e. The minimum absolute atomic E-state index is 0.0868. The third-order valence-electron chi connectivity index (χ3n) is 2.67. The summed E-state index contributed by atoms with van der Waals surface area (Å²) in [6, 6.07) is 10.5. The molecular formula is C13H7ClO3. The zero-order valence-corrected chi connectivity index (χ0v) is 9.36. The van der Waals surface area contributed by atoms with E-state index in [1.807, 2.05) is 18.2 Å². The SMILES string of the molecule is O=C(O)c1cc(Cl)cc2c1oc1ccccc12. The Morgan fingerprint density at radius 1 is 1.18 bits per heavy atom. The summed E-state index contributed by atoms with van der Waals surface area (Å²) in [5.41, 5.74) is 1.11. The van der Waals surface area contributed by atoms with Gasteiger partial charge in [-0.3, -0.25) is 0 Å². The summed E-state index contributed by atoms with van der Waals surface area (Å²) in [5, 5.41) is 11.1. The molecule has 3 aromatic rings. The number of fused-ring (bicyclic) bond motifs is 3. The van der Waals surface area contributed by atoms with Crippen molar-refractivity contribution in [2.75, 3.05) is 0 Å². The van der Waals surface area contributed by atoms with Gasteiger partial charge in [-0.05, 0) is 18.2 Å². The number of para-hydroxylation sites is 1. The number of aromatic carboxylic acids is 1. The van der Waals surface area contributed by atoms with Crippen LogP contribution in [0.4, 0.5) is 0 Å². The molecule has 0 aliphatic rings. The van der Waals surface area contributed by atoms with Crippen LogP contribution in [0, 0.1) is 0 Å². The van der Waals surface area contributed by atoms with Crippen LogP contribution in [-0.2, 0) is 0 Å². The average Bonchev–Trinajstić information content (AvgIpc) is 2.66. The van der Waals surface area contributed by atoms with E-state index in [4.69, 9.17) is 21.1 Å². The summed E-state index contributed by atoms with van der Waals surface area (Å²) in [5.74, 6) is -1.04. The van der Waals surface area contributed by atoms with Crippen LogP contribution in [0.1, 0.15) is 10.4 Å². The maximum absolute atomic E-state index is 11.1. The lowest BCUT2D eigenvalue weighted by atomic mass is 10.1. The van der Waals surface area contributed by atoms with Crippen LogP contribution < -0.4 is 0 Å². The van der Waals surface area contributed by atoms with E-state index in [1.165, 1.54) is 6.07 Å². The molecule has 84 valence electrons. The highest BCUT2D eigenvalue weighted by Crippen LogP contribution is 2.33. The fraction of sp³-hybridized carbons (Fsp3) is 0. The van der Waals surface area contributed by atoms with Crippen LogP contribution in [-0.4, -0.2) is 11.1 Å². The molecule has 0 spiro atoms. The molecule has 0 radical (unpaired) electrons. The van der Waals surface area contributed by atoms with Crippen molar-refractivity contribution in [3.63, 3.8) is 0 Å². The number of hydrogen-bond donors (Lipinski definition) is 1. The Labute approximate surface area is 101 Å². The van der Waals surface area contributed by atoms with Gasteiger partial charge in [-0.25, -0.2) is 4.79 Å². The van der Waals surface area contributed by atoms with Gasteiger partial charge in [0.25, 0.3) is 0 Å². The Balaban J connectivity index is 2.55. The van der Waals surface area contributed by atoms with E-state index in [1.54, 1.807) is 12.1 Å². The normalized spacial score (nSPS) is 11.1. The number of carboxylic acids is 1. The van der Waals surface area contributed by atoms with Crippen LogP contribution in [0.3, 0.4) is 0 Å². The minimum atomic E-state index is -1.04. The maximum atomic E-state index is 11.1. The van der Waals surface area contributed by atoms with Crippen LogP contribution in [0.2, 0.25) is 5.02 Å². The molecule has 3 nitrogen and oxygen atoms in total. The monoisotopic (exact) mass is 246 g/mol. The highest BCUT2D eigenvalue weighted by Gasteiger charge is 2.16. The molecule has 1 aromatic heterocycles. The van der Waals surface area contributed by atoms with Crippen molar-refractivity contribution < 1.29 is 14.3 Å². The van der Waals surface area contributed by atoms with Crippen LogP contribution >= 0.6 is 11.6 Å². The van der Waals surface area contributed by atoms with E-state index in [9.17, 15) is 4.79 Å². The van der Waals surface area contributed by atoms with E-state index in [-0.39, 0.29) is 5.56 Å². The number of hydrogen-bond acceptors (Lipinski definition) is 2. The van der Waals surface area contributed by atoms with Crippen molar-refractivity contribution in [3.05, 3.63) is 47.0 Å². The highest BCUT2D eigenvalue weighted by atomic mass is 35.5. The zero-order valence-electron chi connectivity index (χ0n) is 8.61. The first-order valence-electron chi connectivity index (χ1n) is 5.01. The summed E-state index contributed by atoms with van der Waals surface area (Å²) in [6.45, 7) is 0. The number of halogens is 1. The van der Waals surface area contributed by atoms with Gasteiger partial charge in [0.15, 0.2) is 0 Å². The Bertz CT molecular complexity index is 743. The second-order valence-electron chi connectivity index (χ2n) is 3.73. The number of rotatable bonds is 1. The third kappa shape index (κ3) is 1.47. The molecule has 0 unspecified atom stereocenters. The van der Waals surface area contributed by atoms with E-state index in [0.717, 1.165) is 10.8 Å². The number of benzene rings is 2. The molecule has 4 heteroatoms. The molecule has 0 bridgehead atoms. The molecule has 1 heterocycles. The molecule has 17 heavy (non-hydrogen) atoms. The quantitative estimate of drug-likeness (QED) is 0.708. The van der Waals surface area contributed by atoms with E-state index >= 15 is 0 Å². The highest BCUT2D eigenvalue weighted by molar-refractivity contribution is 6.32. The van der Waals surface area contributed by atoms with Gasteiger partial charge in [0.2, 0.25) is 0 Å². The second-order valence-corrected chi connectivity index (χ2v) is 4.17. The topological polar surface area (TPSA) is 50.4 Å². The maximum Gasteiger partial charge on any atom is 0.339 e. The fourth-order valence-corrected chi connectivity index (χ4v) is 2.17. The predicted octanol–water partition coefficient (Wildman–Crippen LogP) is 3.94. The van der Waals surface area contributed by atoms with Crippen molar-refractivity contribution >= 4 is 39.5 Å². The molecule has 2 aromatic carbocycles. The molecule has 0 fully saturated rings. The van der Waals surface area contributed by atoms with Gasteiger partial charge in [0, 0.05) is 15.8 Å². The first kappa shape index (κ1) is 10.2. The van der Waals surface area contributed by atoms with Crippen LogP contribution in [0.25, 0.3) is 21.9 Å². The lowest BCUT2D eigenvalue weighted by Crippen LogP contribution is -1.96. The van der Waals surface area contributed by atoms with Crippen molar-refractivity contribution in [1.82, 2.24) is 0 Å². The summed E-state index contributed by atoms with van der Waals surface area (Å²) in [6.07, 6.45) is 0. The second kappa shape index (κ2) is 3.50. The molecule has 0 atom stereocenters. The fourth-order valence-electron chi connectivity index (χ4n) is 1.95. The van der Waals surface area contributed by atoms with Gasteiger partial charge in [-0.2, -0.15) is 0 Å². The van der Waals surface area contributed by atoms with Crippen molar-refractivity contribution in [3.8, 4) is 0 Å². The van der Waals surface area contributed by atoms with E-state index in [2.05, 4.69) is 0 Å². The number of carboxylic acid groups (broad SMARTS) is 1. The Kier molecular flexibility index (Phi) is 2.09. The van der Waals surface area contributed by atoms with Crippen LogP contribution in [0.15, 0.2) is 40.8 Å². The molecule has 0 saturated heterocycles. The lowest BCUT2D eigenvalue weighted by molar-refractivity contribution is 0.0698. The van der Waals surface area contributed by atoms with Crippen molar-refractivity contribution in [2.45, 2.75) is 0 Å². The zero-order chi connectivity index (χ0) is 12.0. The minimum Gasteiger partial charge on any atom is -0.478 e. The Morgan fingerprint density at radius 3 is 2.71 bits per heavy atom. The van der Waals surface area contributed by atoms with Gasteiger partial charge >= 0.3 is 5.97 Å². The van der Waals surface area contributed by atoms with Gasteiger partial charge in [-0.15, -0.1) is 0 Å². The molecule has 3 rings (SSSR count). The van der Waals surface area contributed by atoms with Crippen molar-refractivity contribution in [1.29, 1.82) is 0 Å². The molecule has 0 aliphatic carbocycles. The molecule has 1 N–H and O–H groups in total. The van der Waals surface area contributed by atoms with Crippen LogP contribution in [0.5, 0.6) is 0 Å². The van der Waals surface area contributed by atoms with Gasteiger partial charge in [0.1, 0.15) is 16.7 Å². The Morgan fingerprint density at radius 2 is 1.94 bits per heavy atom. The molecular weight excluding hydrogens is 240 g/mol. The average molecular weight is 247 g/mol. The van der Waals surface area contributed by atoms with E-state index < -0.39 is 5.97 Å². The summed E-state index contributed by atoms with van der Waals surface area (Å²) in [4.78, 5) is 11.1. The summed E-state index contributed by atoms with van der Waals surface area (Å²) < 4.78 is 5.56. The first-order valence-corrected chi connectivity index (χ1v) is 5.38. The molecule has 0 amide bonds. The van der Waals surface area contributed by atoms with E-state index in [0.29, 0.717) is 16.2 Å². The molecule has 0 saturated carbocycles. The lowest BCUT2D eigenvalue weighted by Gasteiger charge is -1.97. The Hall–Kier alpha value is -2.00. The summed E-state index contributed by atoms with van der Waals surface area (Å²) >= 11 is 5.92. The molecule has 0 aliphatic heterocycles. The van der Waals surface area contributed by atoms with Crippen molar-refractivity contribution in [2.24, 2.45) is 0 Å². The first-order chi connectivity index (χ1) is 8.16. The van der Waals surface area contributed by atoms with Gasteiger partial charge < -0.3 is 9.52 Å². The summed E-state index contributed by atoms with van der Waals surface area (Å²) in [7, 11) is 0. The third-order valence-corrected chi connectivity index (χ3v) is 2.89.